The Hall–Kier alpha value is -6.48. The zero-order valence-electron chi connectivity index (χ0n) is 28.4. The molecule has 10 aromatic rings. The fraction of sp³-hybridized carbons (Fsp3) is 0. The van der Waals surface area contributed by atoms with Gasteiger partial charge in [-0.25, -0.2) is 0 Å². The molecule has 10 rings (SSSR count). The molecule has 0 aliphatic rings. The molecule has 1 aromatic heterocycles. The van der Waals surface area contributed by atoms with Crippen LogP contribution in [0.5, 0.6) is 0 Å². The fourth-order valence-electron chi connectivity index (χ4n) is 7.66. The third-order valence-electron chi connectivity index (χ3n) is 10.3. The van der Waals surface area contributed by atoms with Gasteiger partial charge in [0, 0.05) is 37.1 Å². The van der Waals surface area contributed by atoms with Crippen LogP contribution in [0.4, 0.5) is 17.1 Å². The van der Waals surface area contributed by atoms with Gasteiger partial charge >= 0.3 is 0 Å². The molecule has 0 atom stereocenters. The van der Waals surface area contributed by atoms with Crippen LogP contribution in [-0.4, -0.2) is 0 Å². The summed E-state index contributed by atoms with van der Waals surface area (Å²) in [6.07, 6.45) is 0. The standard InChI is InChI=1S/C50H33NS/c1-2-11-37(12-3-1)44-14-6-8-16-47(44)51(42-27-22-35(23-28-42)40-20-18-34-10-4-5-13-39(34)32-40)43-29-24-36(25-30-43)41-21-19-38-26-31-49-50(46(38)33-41)45-15-7-9-17-48(45)52-49/h1-33H. The second-order valence-corrected chi connectivity index (χ2v) is 14.4. The molecular weight excluding hydrogens is 647 g/mol. The van der Waals surface area contributed by atoms with Crippen molar-refractivity contribution in [3.63, 3.8) is 0 Å². The van der Waals surface area contributed by atoms with Gasteiger partial charge in [0.15, 0.2) is 0 Å². The van der Waals surface area contributed by atoms with E-state index in [1.807, 2.05) is 11.3 Å². The number of hydrogen-bond acceptors (Lipinski definition) is 2. The van der Waals surface area contributed by atoms with Gasteiger partial charge in [0.25, 0.3) is 0 Å². The van der Waals surface area contributed by atoms with Crippen molar-refractivity contribution in [2.24, 2.45) is 0 Å². The van der Waals surface area contributed by atoms with Crippen LogP contribution in [0.3, 0.4) is 0 Å². The molecule has 0 radical (unpaired) electrons. The number of hydrogen-bond donors (Lipinski definition) is 0. The molecule has 0 amide bonds. The number of fused-ring (bicyclic) bond motifs is 6. The maximum absolute atomic E-state index is 2.39. The number of thiophene rings is 1. The van der Waals surface area contributed by atoms with E-state index < -0.39 is 0 Å². The van der Waals surface area contributed by atoms with E-state index in [9.17, 15) is 0 Å². The number of nitrogens with zero attached hydrogens (tertiary/aromatic N) is 1. The molecule has 0 N–H and O–H groups in total. The first-order valence-electron chi connectivity index (χ1n) is 17.8. The molecule has 0 unspecified atom stereocenters. The Bertz CT molecular complexity index is 2890. The SMILES string of the molecule is c1ccc(-c2ccccc2N(c2ccc(-c3ccc4ccccc4c3)cc2)c2ccc(-c3ccc4ccc5sc6ccccc6c5c4c3)cc2)cc1. The number of benzene rings is 9. The minimum atomic E-state index is 1.11. The quantitative estimate of drug-likeness (QED) is 0.169. The van der Waals surface area contributed by atoms with E-state index in [-0.39, 0.29) is 0 Å². The van der Waals surface area contributed by atoms with Gasteiger partial charge in [-0.1, -0.05) is 146 Å². The first kappa shape index (κ1) is 30.4. The summed E-state index contributed by atoms with van der Waals surface area (Å²) in [6.45, 7) is 0. The molecule has 1 heterocycles. The Balaban J connectivity index is 1.07. The van der Waals surface area contributed by atoms with E-state index in [2.05, 4.69) is 205 Å². The largest absolute Gasteiger partial charge is 0.310 e. The maximum Gasteiger partial charge on any atom is 0.0540 e. The minimum Gasteiger partial charge on any atom is -0.310 e. The Kier molecular flexibility index (Phi) is 7.41. The van der Waals surface area contributed by atoms with Gasteiger partial charge in [0.05, 0.1) is 5.69 Å². The molecule has 2 heteroatoms. The number of para-hydroxylation sites is 1. The first-order valence-corrected chi connectivity index (χ1v) is 18.6. The van der Waals surface area contributed by atoms with Crippen molar-refractivity contribution >= 4 is 70.1 Å². The van der Waals surface area contributed by atoms with Crippen molar-refractivity contribution in [3.8, 4) is 33.4 Å². The van der Waals surface area contributed by atoms with E-state index in [0.717, 1.165) is 17.1 Å². The molecule has 0 aliphatic heterocycles. The summed E-state index contributed by atoms with van der Waals surface area (Å²) in [5, 5.41) is 7.77. The summed E-state index contributed by atoms with van der Waals surface area (Å²) in [7, 11) is 0. The highest BCUT2D eigenvalue weighted by molar-refractivity contribution is 7.26. The highest BCUT2D eigenvalue weighted by Crippen LogP contribution is 2.43. The van der Waals surface area contributed by atoms with E-state index >= 15 is 0 Å². The summed E-state index contributed by atoms with van der Waals surface area (Å²) in [5.41, 5.74) is 10.6. The third-order valence-corrected chi connectivity index (χ3v) is 11.4. The lowest BCUT2D eigenvalue weighted by Gasteiger charge is -2.28. The Morgan fingerprint density at radius 2 is 0.904 bits per heavy atom. The van der Waals surface area contributed by atoms with Crippen LogP contribution in [0.15, 0.2) is 200 Å². The van der Waals surface area contributed by atoms with Crippen molar-refractivity contribution < 1.29 is 0 Å². The topological polar surface area (TPSA) is 3.24 Å². The normalized spacial score (nSPS) is 11.5. The molecule has 244 valence electrons. The number of rotatable bonds is 6. The zero-order valence-corrected chi connectivity index (χ0v) is 29.2. The predicted octanol–water partition coefficient (Wildman–Crippen LogP) is 14.8. The molecule has 52 heavy (non-hydrogen) atoms. The van der Waals surface area contributed by atoms with Crippen LogP contribution in [-0.2, 0) is 0 Å². The van der Waals surface area contributed by atoms with Gasteiger partial charge in [-0.05, 0) is 104 Å². The lowest BCUT2D eigenvalue weighted by Crippen LogP contribution is -2.11. The van der Waals surface area contributed by atoms with Gasteiger partial charge < -0.3 is 4.90 Å². The van der Waals surface area contributed by atoms with Crippen LogP contribution >= 0.6 is 11.3 Å². The van der Waals surface area contributed by atoms with Gasteiger partial charge in [-0.2, -0.15) is 0 Å². The van der Waals surface area contributed by atoms with Crippen LogP contribution in [0.1, 0.15) is 0 Å². The Morgan fingerprint density at radius 1 is 0.327 bits per heavy atom. The van der Waals surface area contributed by atoms with Crippen molar-refractivity contribution in [1.29, 1.82) is 0 Å². The predicted molar refractivity (Wildman–Crippen MR) is 225 cm³/mol. The monoisotopic (exact) mass is 679 g/mol. The lowest BCUT2D eigenvalue weighted by atomic mass is 9.97. The molecule has 0 spiro atoms. The molecule has 0 saturated carbocycles. The molecule has 9 aromatic carbocycles. The summed E-state index contributed by atoms with van der Waals surface area (Å²) >= 11 is 1.87. The Morgan fingerprint density at radius 3 is 1.67 bits per heavy atom. The average molecular weight is 680 g/mol. The van der Waals surface area contributed by atoms with Crippen molar-refractivity contribution in [2.75, 3.05) is 4.90 Å². The number of anilines is 3. The molecule has 0 bridgehead atoms. The fourth-order valence-corrected chi connectivity index (χ4v) is 8.78. The van der Waals surface area contributed by atoms with E-state index in [1.165, 1.54) is 75.1 Å². The van der Waals surface area contributed by atoms with Crippen molar-refractivity contribution in [2.45, 2.75) is 0 Å². The second-order valence-electron chi connectivity index (χ2n) is 13.3. The maximum atomic E-state index is 2.39. The highest BCUT2D eigenvalue weighted by atomic mass is 32.1. The summed E-state index contributed by atoms with van der Waals surface area (Å²) in [5.74, 6) is 0. The van der Waals surface area contributed by atoms with Crippen molar-refractivity contribution in [3.05, 3.63) is 200 Å². The van der Waals surface area contributed by atoms with E-state index in [0.29, 0.717) is 0 Å². The van der Waals surface area contributed by atoms with Crippen LogP contribution in [0.2, 0.25) is 0 Å². The van der Waals surface area contributed by atoms with Gasteiger partial charge in [0.1, 0.15) is 0 Å². The summed E-state index contributed by atoms with van der Waals surface area (Å²) < 4.78 is 2.67. The molecule has 1 nitrogen and oxygen atoms in total. The third kappa shape index (κ3) is 5.33. The van der Waals surface area contributed by atoms with Crippen LogP contribution < -0.4 is 4.90 Å². The minimum absolute atomic E-state index is 1.11. The Labute approximate surface area is 307 Å². The van der Waals surface area contributed by atoms with Crippen LogP contribution in [0.25, 0.3) is 75.1 Å². The highest BCUT2D eigenvalue weighted by Gasteiger charge is 2.18. The van der Waals surface area contributed by atoms with Crippen LogP contribution in [0, 0.1) is 0 Å². The molecule has 0 saturated heterocycles. The first-order chi connectivity index (χ1) is 25.8. The molecule has 0 aliphatic carbocycles. The molecule has 0 fully saturated rings. The van der Waals surface area contributed by atoms with E-state index in [1.54, 1.807) is 0 Å². The average Bonchev–Trinajstić information content (AvgIpc) is 3.61. The van der Waals surface area contributed by atoms with Gasteiger partial charge in [-0.15, -0.1) is 11.3 Å². The summed E-state index contributed by atoms with van der Waals surface area (Å²) in [4.78, 5) is 2.39. The van der Waals surface area contributed by atoms with Crippen molar-refractivity contribution in [1.82, 2.24) is 0 Å². The zero-order chi connectivity index (χ0) is 34.4. The smallest absolute Gasteiger partial charge is 0.0540 e. The summed E-state index contributed by atoms with van der Waals surface area (Å²) in [6, 6.07) is 72.9. The second kappa shape index (κ2) is 12.7. The van der Waals surface area contributed by atoms with E-state index in [4.69, 9.17) is 0 Å². The van der Waals surface area contributed by atoms with Gasteiger partial charge in [0.2, 0.25) is 0 Å². The van der Waals surface area contributed by atoms with Gasteiger partial charge in [-0.3, -0.25) is 0 Å². The molecular formula is C50H33NS. The lowest BCUT2D eigenvalue weighted by molar-refractivity contribution is 1.28.